The standard InChI is InChI=1S/C17H19BrN2O/c1-12-8-9-13(17(21)20(2)3)10-16(12)19-11-14-6-4-5-7-15(14)18/h4-10,19H,11H2,1-3H3. The maximum absolute atomic E-state index is 12.0. The van der Waals surface area contributed by atoms with Crippen LogP contribution in [0.15, 0.2) is 46.9 Å². The van der Waals surface area contributed by atoms with Crippen molar-refractivity contribution in [3.8, 4) is 0 Å². The van der Waals surface area contributed by atoms with Crippen molar-refractivity contribution >= 4 is 27.5 Å². The number of aryl methyl sites for hydroxylation is 1. The van der Waals surface area contributed by atoms with Gasteiger partial charge in [-0.25, -0.2) is 0 Å². The molecule has 0 aromatic heterocycles. The fourth-order valence-corrected chi connectivity index (χ4v) is 2.46. The fourth-order valence-electron chi connectivity index (χ4n) is 2.04. The quantitative estimate of drug-likeness (QED) is 0.904. The highest BCUT2D eigenvalue weighted by Crippen LogP contribution is 2.21. The summed E-state index contributed by atoms with van der Waals surface area (Å²) in [5.74, 6) is 0.0129. The summed E-state index contributed by atoms with van der Waals surface area (Å²) in [6.07, 6.45) is 0. The van der Waals surface area contributed by atoms with Crippen LogP contribution in [0.3, 0.4) is 0 Å². The molecule has 0 saturated heterocycles. The highest BCUT2D eigenvalue weighted by Gasteiger charge is 2.10. The van der Waals surface area contributed by atoms with Crippen LogP contribution in [0.25, 0.3) is 0 Å². The number of benzene rings is 2. The number of hydrogen-bond acceptors (Lipinski definition) is 2. The van der Waals surface area contributed by atoms with Crippen LogP contribution < -0.4 is 5.32 Å². The maximum Gasteiger partial charge on any atom is 0.253 e. The van der Waals surface area contributed by atoms with E-state index in [1.54, 1.807) is 19.0 Å². The molecular formula is C17H19BrN2O. The molecule has 0 aliphatic rings. The Kier molecular flexibility index (Phi) is 5.02. The molecule has 0 heterocycles. The van der Waals surface area contributed by atoms with Gasteiger partial charge in [0.25, 0.3) is 5.91 Å². The van der Waals surface area contributed by atoms with E-state index < -0.39 is 0 Å². The Morgan fingerprint density at radius 1 is 1.19 bits per heavy atom. The van der Waals surface area contributed by atoms with Crippen LogP contribution in [0, 0.1) is 6.92 Å². The van der Waals surface area contributed by atoms with Crippen LogP contribution in [0.1, 0.15) is 21.5 Å². The number of halogens is 1. The van der Waals surface area contributed by atoms with E-state index in [0.29, 0.717) is 12.1 Å². The van der Waals surface area contributed by atoms with Crippen LogP contribution >= 0.6 is 15.9 Å². The number of nitrogens with zero attached hydrogens (tertiary/aromatic N) is 1. The van der Waals surface area contributed by atoms with Gasteiger partial charge >= 0.3 is 0 Å². The lowest BCUT2D eigenvalue weighted by Crippen LogP contribution is -2.21. The third-order valence-electron chi connectivity index (χ3n) is 3.32. The van der Waals surface area contributed by atoms with Gasteiger partial charge in [0.05, 0.1) is 0 Å². The highest BCUT2D eigenvalue weighted by molar-refractivity contribution is 9.10. The van der Waals surface area contributed by atoms with Gasteiger partial charge in [0.2, 0.25) is 0 Å². The van der Waals surface area contributed by atoms with Gasteiger partial charge in [0.1, 0.15) is 0 Å². The molecule has 0 radical (unpaired) electrons. The van der Waals surface area contributed by atoms with E-state index in [4.69, 9.17) is 0 Å². The van der Waals surface area contributed by atoms with Crippen molar-refractivity contribution < 1.29 is 4.79 Å². The largest absolute Gasteiger partial charge is 0.381 e. The summed E-state index contributed by atoms with van der Waals surface area (Å²) in [6, 6.07) is 13.8. The molecule has 4 heteroatoms. The summed E-state index contributed by atoms with van der Waals surface area (Å²) in [5.41, 5.74) is 3.98. The fraction of sp³-hybridized carbons (Fsp3) is 0.235. The molecule has 2 aromatic rings. The van der Waals surface area contributed by atoms with E-state index in [2.05, 4.69) is 27.3 Å². The topological polar surface area (TPSA) is 32.3 Å². The Bertz CT molecular complexity index is 653. The van der Waals surface area contributed by atoms with Crippen LogP contribution in [0.5, 0.6) is 0 Å². The number of carbonyl (C=O) groups is 1. The van der Waals surface area contributed by atoms with Crippen molar-refractivity contribution in [2.45, 2.75) is 13.5 Å². The summed E-state index contributed by atoms with van der Waals surface area (Å²) in [7, 11) is 3.52. The van der Waals surface area contributed by atoms with Crippen LogP contribution in [-0.2, 0) is 6.54 Å². The number of amides is 1. The molecule has 2 rings (SSSR count). The summed E-state index contributed by atoms with van der Waals surface area (Å²) < 4.78 is 1.08. The second-order valence-corrected chi connectivity index (χ2v) is 6.03. The van der Waals surface area contributed by atoms with Gasteiger partial charge in [-0.15, -0.1) is 0 Å². The predicted octanol–water partition coefficient (Wildman–Crippen LogP) is 4.07. The highest BCUT2D eigenvalue weighted by atomic mass is 79.9. The first-order valence-electron chi connectivity index (χ1n) is 6.78. The molecule has 0 saturated carbocycles. The summed E-state index contributed by atoms with van der Waals surface area (Å²) in [4.78, 5) is 13.6. The SMILES string of the molecule is Cc1ccc(C(=O)N(C)C)cc1NCc1ccccc1Br. The average molecular weight is 347 g/mol. The van der Waals surface area contributed by atoms with Gasteiger partial charge in [-0.1, -0.05) is 40.2 Å². The van der Waals surface area contributed by atoms with Crippen LogP contribution in [-0.4, -0.2) is 24.9 Å². The zero-order valence-corrected chi connectivity index (χ0v) is 14.1. The molecule has 0 spiro atoms. The molecule has 1 amide bonds. The number of anilines is 1. The van der Waals surface area contributed by atoms with Gasteiger partial charge < -0.3 is 10.2 Å². The molecule has 0 atom stereocenters. The first-order chi connectivity index (χ1) is 9.99. The molecule has 3 nitrogen and oxygen atoms in total. The molecule has 21 heavy (non-hydrogen) atoms. The van der Waals surface area contributed by atoms with E-state index >= 15 is 0 Å². The number of nitrogens with one attached hydrogen (secondary N) is 1. The zero-order chi connectivity index (χ0) is 15.4. The first kappa shape index (κ1) is 15.6. The van der Waals surface area contributed by atoms with E-state index in [9.17, 15) is 4.79 Å². The Morgan fingerprint density at radius 3 is 2.57 bits per heavy atom. The van der Waals surface area contributed by atoms with Crippen molar-refractivity contribution in [3.63, 3.8) is 0 Å². The summed E-state index contributed by atoms with van der Waals surface area (Å²) in [5, 5.41) is 3.40. The summed E-state index contributed by atoms with van der Waals surface area (Å²) >= 11 is 3.54. The zero-order valence-electron chi connectivity index (χ0n) is 12.5. The lowest BCUT2D eigenvalue weighted by molar-refractivity contribution is 0.0827. The van der Waals surface area contributed by atoms with Crippen molar-refractivity contribution in [1.29, 1.82) is 0 Å². The predicted molar refractivity (Wildman–Crippen MR) is 90.7 cm³/mol. The third kappa shape index (κ3) is 3.85. The lowest BCUT2D eigenvalue weighted by atomic mass is 10.1. The Labute approximate surface area is 134 Å². The maximum atomic E-state index is 12.0. The molecule has 0 bridgehead atoms. The van der Waals surface area contributed by atoms with Crippen molar-refractivity contribution in [2.24, 2.45) is 0 Å². The van der Waals surface area contributed by atoms with Crippen LogP contribution in [0.4, 0.5) is 5.69 Å². The third-order valence-corrected chi connectivity index (χ3v) is 4.09. The second-order valence-electron chi connectivity index (χ2n) is 5.17. The Hall–Kier alpha value is -1.81. The second kappa shape index (κ2) is 6.76. The summed E-state index contributed by atoms with van der Waals surface area (Å²) in [6.45, 7) is 2.74. The molecule has 110 valence electrons. The molecule has 0 aliphatic heterocycles. The van der Waals surface area contributed by atoms with E-state index in [0.717, 1.165) is 15.7 Å². The van der Waals surface area contributed by atoms with E-state index in [-0.39, 0.29) is 5.91 Å². The van der Waals surface area contributed by atoms with Gasteiger partial charge in [-0.2, -0.15) is 0 Å². The lowest BCUT2D eigenvalue weighted by Gasteiger charge is -2.14. The van der Waals surface area contributed by atoms with E-state index in [1.165, 1.54) is 5.56 Å². The van der Waals surface area contributed by atoms with Gasteiger partial charge in [0, 0.05) is 36.4 Å². The number of rotatable bonds is 4. The minimum Gasteiger partial charge on any atom is -0.381 e. The van der Waals surface area contributed by atoms with Crippen molar-refractivity contribution in [1.82, 2.24) is 4.90 Å². The molecular weight excluding hydrogens is 328 g/mol. The molecule has 1 N–H and O–H groups in total. The normalized spacial score (nSPS) is 10.3. The number of hydrogen-bond donors (Lipinski definition) is 1. The van der Waals surface area contributed by atoms with Crippen molar-refractivity contribution in [2.75, 3.05) is 19.4 Å². The molecule has 0 unspecified atom stereocenters. The number of carbonyl (C=O) groups excluding carboxylic acids is 1. The minimum atomic E-state index is 0.0129. The smallest absolute Gasteiger partial charge is 0.253 e. The molecule has 0 aliphatic carbocycles. The first-order valence-corrected chi connectivity index (χ1v) is 7.58. The molecule has 0 fully saturated rings. The average Bonchev–Trinajstić information content (AvgIpc) is 2.47. The van der Waals surface area contributed by atoms with Gasteiger partial charge in [0.15, 0.2) is 0 Å². The Balaban J connectivity index is 2.18. The Morgan fingerprint density at radius 2 is 1.90 bits per heavy atom. The van der Waals surface area contributed by atoms with Crippen LogP contribution in [0.2, 0.25) is 0 Å². The van der Waals surface area contributed by atoms with E-state index in [1.807, 2.05) is 43.3 Å². The minimum absolute atomic E-state index is 0.0129. The monoisotopic (exact) mass is 346 g/mol. The molecule has 2 aromatic carbocycles. The van der Waals surface area contributed by atoms with Crippen molar-refractivity contribution in [3.05, 3.63) is 63.6 Å². The van der Waals surface area contributed by atoms with Gasteiger partial charge in [-0.05, 0) is 36.2 Å². The van der Waals surface area contributed by atoms with Gasteiger partial charge in [-0.3, -0.25) is 4.79 Å².